The third kappa shape index (κ3) is 6.49. The average molecular weight is 409 g/mol. The molecular weight excluding hydrogens is 368 g/mol. The SMILES string of the molecule is CC(C)OC(=O)N1CCC(N2CCC(NC(=O)N[C@@H]3CCCC[C@@H]3C)CC2)CC1. The van der Waals surface area contributed by atoms with Crippen LogP contribution in [-0.4, -0.2) is 72.3 Å². The average Bonchev–Trinajstić information content (AvgIpc) is 2.70. The first kappa shape index (κ1) is 22.2. The van der Waals surface area contributed by atoms with Crippen LogP contribution in [0.3, 0.4) is 0 Å². The minimum atomic E-state index is -0.181. The number of hydrogen-bond acceptors (Lipinski definition) is 4. The molecule has 2 atom stereocenters. The lowest BCUT2D eigenvalue weighted by atomic mass is 9.86. The van der Waals surface area contributed by atoms with Crippen LogP contribution in [0.1, 0.15) is 72.1 Å². The standard InChI is InChI=1S/C22H40N4O3/c1-16(2)29-22(28)26-14-10-19(11-15-26)25-12-8-18(9-13-25)23-21(27)24-20-7-5-4-6-17(20)3/h16-20H,4-15H2,1-3H3,(H2,23,24,27)/t17-,20+/m0/s1. The van der Waals surface area contributed by atoms with Gasteiger partial charge in [0.05, 0.1) is 6.10 Å². The zero-order chi connectivity index (χ0) is 20.8. The number of nitrogens with zero attached hydrogens (tertiary/aromatic N) is 2. The maximum absolute atomic E-state index is 12.4. The monoisotopic (exact) mass is 408 g/mol. The van der Waals surface area contributed by atoms with Crippen LogP contribution in [-0.2, 0) is 4.74 Å². The van der Waals surface area contributed by atoms with Crippen molar-refractivity contribution in [2.24, 2.45) is 5.92 Å². The second-order valence-corrected chi connectivity index (χ2v) is 9.45. The highest BCUT2D eigenvalue weighted by Gasteiger charge is 2.31. The Bertz CT molecular complexity index is 540. The van der Waals surface area contributed by atoms with Crippen molar-refractivity contribution in [3.8, 4) is 0 Å². The fraction of sp³-hybridized carbons (Fsp3) is 0.909. The lowest BCUT2D eigenvalue weighted by molar-refractivity contribution is 0.0494. The summed E-state index contributed by atoms with van der Waals surface area (Å²) in [5.41, 5.74) is 0. The third-order valence-corrected chi connectivity index (χ3v) is 6.87. The molecule has 2 heterocycles. The Morgan fingerprint density at radius 2 is 1.55 bits per heavy atom. The molecular formula is C22H40N4O3. The highest BCUT2D eigenvalue weighted by molar-refractivity contribution is 5.74. The van der Waals surface area contributed by atoms with Crippen LogP contribution in [0.15, 0.2) is 0 Å². The molecule has 0 aromatic carbocycles. The van der Waals surface area contributed by atoms with E-state index in [4.69, 9.17) is 4.74 Å². The van der Waals surface area contributed by atoms with E-state index in [-0.39, 0.29) is 24.3 Å². The van der Waals surface area contributed by atoms with Gasteiger partial charge < -0.3 is 25.2 Å². The van der Waals surface area contributed by atoms with E-state index in [1.54, 1.807) is 0 Å². The van der Waals surface area contributed by atoms with Crippen molar-refractivity contribution in [3.05, 3.63) is 0 Å². The van der Waals surface area contributed by atoms with Gasteiger partial charge in [0.2, 0.25) is 0 Å². The van der Waals surface area contributed by atoms with Gasteiger partial charge in [-0.1, -0.05) is 19.8 Å². The third-order valence-electron chi connectivity index (χ3n) is 6.87. The van der Waals surface area contributed by atoms with Gasteiger partial charge in [-0.15, -0.1) is 0 Å². The number of likely N-dealkylation sites (tertiary alicyclic amines) is 2. The van der Waals surface area contributed by atoms with Gasteiger partial charge in [0.15, 0.2) is 0 Å². The Morgan fingerprint density at radius 3 is 2.17 bits per heavy atom. The number of carbonyl (C=O) groups is 2. The molecule has 3 fully saturated rings. The molecule has 2 aliphatic heterocycles. The number of urea groups is 1. The summed E-state index contributed by atoms with van der Waals surface area (Å²) in [7, 11) is 0. The number of rotatable bonds is 4. The van der Waals surface area contributed by atoms with Crippen molar-refractivity contribution in [2.45, 2.75) is 96.4 Å². The number of piperidine rings is 2. The predicted molar refractivity (Wildman–Crippen MR) is 114 cm³/mol. The number of amides is 3. The number of carbonyl (C=O) groups excluding carboxylic acids is 2. The highest BCUT2D eigenvalue weighted by Crippen LogP contribution is 2.24. The largest absolute Gasteiger partial charge is 0.447 e. The molecule has 1 saturated carbocycles. The van der Waals surface area contributed by atoms with E-state index in [0.29, 0.717) is 18.0 Å². The second-order valence-electron chi connectivity index (χ2n) is 9.45. The minimum absolute atomic E-state index is 0.0131. The van der Waals surface area contributed by atoms with E-state index >= 15 is 0 Å². The number of ether oxygens (including phenoxy) is 1. The van der Waals surface area contributed by atoms with Crippen LogP contribution in [0.2, 0.25) is 0 Å². The molecule has 3 rings (SSSR count). The summed E-state index contributed by atoms with van der Waals surface area (Å²) in [4.78, 5) is 28.8. The molecule has 0 unspecified atom stereocenters. The summed E-state index contributed by atoms with van der Waals surface area (Å²) in [6, 6.07) is 1.15. The maximum atomic E-state index is 12.4. The van der Waals surface area contributed by atoms with E-state index in [1.807, 2.05) is 18.7 Å². The van der Waals surface area contributed by atoms with E-state index in [0.717, 1.165) is 58.3 Å². The van der Waals surface area contributed by atoms with Gasteiger partial charge >= 0.3 is 12.1 Å². The molecule has 3 amide bonds. The Hall–Kier alpha value is -1.50. The smallest absolute Gasteiger partial charge is 0.410 e. The molecule has 0 radical (unpaired) electrons. The second kappa shape index (κ2) is 10.5. The summed E-state index contributed by atoms with van der Waals surface area (Å²) >= 11 is 0. The van der Waals surface area contributed by atoms with Crippen LogP contribution < -0.4 is 10.6 Å². The fourth-order valence-corrected chi connectivity index (χ4v) is 5.02. The number of hydrogen-bond donors (Lipinski definition) is 2. The summed E-state index contributed by atoms with van der Waals surface area (Å²) in [5.74, 6) is 0.583. The zero-order valence-corrected chi connectivity index (χ0v) is 18.5. The van der Waals surface area contributed by atoms with E-state index in [9.17, 15) is 9.59 Å². The van der Waals surface area contributed by atoms with Crippen molar-refractivity contribution in [3.63, 3.8) is 0 Å². The molecule has 2 saturated heterocycles. The normalized spacial score (nSPS) is 27.7. The van der Waals surface area contributed by atoms with Crippen molar-refractivity contribution < 1.29 is 14.3 Å². The van der Waals surface area contributed by atoms with E-state index < -0.39 is 0 Å². The van der Waals surface area contributed by atoms with Gasteiger partial charge in [-0.25, -0.2) is 9.59 Å². The summed E-state index contributed by atoms with van der Waals surface area (Å²) in [6.45, 7) is 9.61. The van der Waals surface area contributed by atoms with Crippen molar-refractivity contribution in [1.82, 2.24) is 20.4 Å². The first-order valence-corrected chi connectivity index (χ1v) is 11.7. The molecule has 2 N–H and O–H groups in total. The molecule has 7 nitrogen and oxygen atoms in total. The first-order chi connectivity index (χ1) is 13.9. The van der Waals surface area contributed by atoms with Gasteiger partial charge in [-0.3, -0.25) is 0 Å². The maximum Gasteiger partial charge on any atom is 0.410 e. The fourth-order valence-electron chi connectivity index (χ4n) is 5.02. The lowest BCUT2D eigenvalue weighted by Gasteiger charge is -2.41. The van der Waals surface area contributed by atoms with Gasteiger partial charge in [0.25, 0.3) is 0 Å². The highest BCUT2D eigenvalue weighted by atomic mass is 16.6. The zero-order valence-electron chi connectivity index (χ0n) is 18.5. The summed E-state index contributed by atoms with van der Waals surface area (Å²) in [5, 5.41) is 6.41. The van der Waals surface area contributed by atoms with Crippen molar-refractivity contribution >= 4 is 12.1 Å². The van der Waals surface area contributed by atoms with Crippen LogP contribution in [0.4, 0.5) is 9.59 Å². The predicted octanol–water partition coefficient (Wildman–Crippen LogP) is 3.34. The van der Waals surface area contributed by atoms with Gasteiger partial charge in [0, 0.05) is 44.3 Å². The lowest BCUT2D eigenvalue weighted by Crippen LogP contribution is -2.54. The van der Waals surface area contributed by atoms with E-state index in [1.165, 1.54) is 19.3 Å². The molecule has 0 bridgehead atoms. The molecule has 7 heteroatoms. The minimum Gasteiger partial charge on any atom is -0.447 e. The molecule has 1 aliphatic carbocycles. The van der Waals surface area contributed by atoms with Crippen LogP contribution in [0, 0.1) is 5.92 Å². The summed E-state index contributed by atoms with van der Waals surface area (Å²) < 4.78 is 5.31. The van der Waals surface area contributed by atoms with Gasteiger partial charge in [-0.2, -0.15) is 0 Å². The molecule has 29 heavy (non-hydrogen) atoms. The number of nitrogens with one attached hydrogen (secondary N) is 2. The summed E-state index contributed by atoms with van der Waals surface area (Å²) in [6.07, 6.45) is 8.61. The topological polar surface area (TPSA) is 73.9 Å². The quantitative estimate of drug-likeness (QED) is 0.748. The first-order valence-electron chi connectivity index (χ1n) is 11.7. The molecule has 166 valence electrons. The van der Waals surface area contributed by atoms with Crippen molar-refractivity contribution in [2.75, 3.05) is 26.2 Å². The molecule has 3 aliphatic rings. The molecule has 0 aromatic rings. The van der Waals surface area contributed by atoms with Gasteiger partial charge in [-0.05, 0) is 58.3 Å². The Kier molecular flexibility index (Phi) is 8.04. The Balaban J connectivity index is 1.34. The molecule has 0 aromatic heterocycles. The van der Waals surface area contributed by atoms with Crippen LogP contribution >= 0.6 is 0 Å². The van der Waals surface area contributed by atoms with Gasteiger partial charge in [0.1, 0.15) is 0 Å². The van der Waals surface area contributed by atoms with Crippen LogP contribution in [0.25, 0.3) is 0 Å². The Labute approximate surface area is 175 Å². The molecule has 0 spiro atoms. The van der Waals surface area contributed by atoms with Crippen molar-refractivity contribution in [1.29, 1.82) is 0 Å². The Morgan fingerprint density at radius 1 is 0.897 bits per heavy atom. The van der Waals surface area contributed by atoms with E-state index in [2.05, 4.69) is 22.5 Å². The van der Waals surface area contributed by atoms with Crippen LogP contribution in [0.5, 0.6) is 0 Å².